The van der Waals surface area contributed by atoms with Gasteiger partial charge < -0.3 is 4.90 Å². The fraction of sp³-hybridized carbons (Fsp3) is 0.190. The Morgan fingerprint density at radius 2 is 1.55 bits per heavy atom. The van der Waals surface area contributed by atoms with E-state index in [1.54, 1.807) is 30.3 Å². The molecule has 0 saturated heterocycles. The van der Waals surface area contributed by atoms with Crippen LogP contribution in [0.4, 0.5) is 0 Å². The summed E-state index contributed by atoms with van der Waals surface area (Å²) in [5.74, 6) is -0.381. The Labute approximate surface area is 170 Å². The first-order chi connectivity index (χ1) is 13.8. The second-order valence-corrected chi connectivity index (χ2v) is 8.31. The van der Waals surface area contributed by atoms with Crippen LogP contribution in [0.2, 0.25) is 0 Å². The van der Waals surface area contributed by atoms with Crippen molar-refractivity contribution in [2.45, 2.75) is 11.4 Å². The SMILES string of the molecule is C=CCN(Cc1ccc(C#N)cc1)C(=O)CN(C)S(=O)(=O)c1ccc(C#N)cc1. The van der Waals surface area contributed by atoms with E-state index in [1.807, 2.05) is 12.1 Å². The van der Waals surface area contributed by atoms with Gasteiger partial charge in [-0.15, -0.1) is 6.58 Å². The van der Waals surface area contributed by atoms with Crippen LogP contribution < -0.4 is 0 Å². The summed E-state index contributed by atoms with van der Waals surface area (Å²) in [4.78, 5) is 14.2. The van der Waals surface area contributed by atoms with Crippen molar-refractivity contribution in [2.24, 2.45) is 0 Å². The van der Waals surface area contributed by atoms with Gasteiger partial charge in [0.05, 0.1) is 34.7 Å². The van der Waals surface area contributed by atoms with Gasteiger partial charge in [0.15, 0.2) is 0 Å². The van der Waals surface area contributed by atoms with Gasteiger partial charge in [-0.2, -0.15) is 14.8 Å². The van der Waals surface area contributed by atoms with Crippen LogP contribution >= 0.6 is 0 Å². The lowest BCUT2D eigenvalue weighted by Gasteiger charge is -2.24. The molecule has 0 bridgehead atoms. The molecular formula is C21H20N4O3S. The molecule has 0 heterocycles. The highest BCUT2D eigenvalue weighted by atomic mass is 32.2. The zero-order valence-electron chi connectivity index (χ0n) is 15.9. The standard InChI is InChI=1S/C21H20N4O3S/c1-3-12-25(15-19-6-4-17(13-22)5-7-19)21(26)16-24(2)29(27,28)20-10-8-18(14-23)9-11-20/h3-11H,1,12,15-16H2,2H3. The number of amides is 1. The smallest absolute Gasteiger partial charge is 0.243 e. The van der Waals surface area contributed by atoms with Gasteiger partial charge in [-0.1, -0.05) is 18.2 Å². The van der Waals surface area contributed by atoms with Gasteiger partial charge in [0.1, 0.15) is 0 Å². The summed E-state index contributed by atoms with van der Waals surface area (Å²) in [6.45, 7) is 3.83. The zero-order chi connectivity index (χ0) is 21.4. The summed E-state index contributed by atoms with van der Waals surface area (Å²) in [5, 5.41) is 17.7. The average Bonchev–Trinajstić information content (AvgIpc) is 2.73. The minimum atomic E-state index is -3.87. The van der Waals surface area contributed by atoms with E-state index < -0.39 is 10.0 Å². The number of rotatable bonds is 8. The Bertz CT molecular complexity index is 1060. The summed E-state index contributed by atoms with van der Waals surface area (Å²) in [6.07, 6.45) is 1.57. The molecule has 0 radical (unpaired) electrons. The molecule has 7 nitrogen and oxygen atoms in total. The third kappa shape index (κ3) is 5.52. The lowest BCUT2D eigenvalue weighted by Crippen LogP contribution is -2.40. The molecule has 0 saturated carbocycles. The molecule has 0 aliphatic heterocycles. The second kappa shape index (κ2) is 9.65. The van der Waals surface area contributed by atoms with Crippen LogP contribution in [0.25, 0.3) is 0 Å². The molecule has 8 heteroatoms. The average molecular weight is 408 g/mol. The molecule has 2 aromatic rings. The third-order valence-corrected chi connectivity index (χ3v) is 6.03. The van der Waals surface area contributed by atoms with Crippen molar-refractivity contribution in [1.82, 2.24) is 9.21 Å². The van der Waals surface area contributed by atoms with Crippen molar-refractivity contribution < 1.29 is 13.2 Å². The van der Waals surface area contributed by atoms with Gasteiger partial charge in [0.2, 0.25) is 15.9 Å². The number of carbonyl (C=O) groups is 1. The number of hydrogen-bond donors (Lipinski definition) is 0. The Balaban J connectivity index is 2.13. The molecule has 1 amide bonds. The number of nitrogens with zero attached hydrogens (tertiary/aromatic N) is 4. The van der Waals surface area contributed by atoms with E-state index in [0.29, 0.717) is 11.1 Å². The largest absolute Gasteiger partial charge is 0.334 e. The van der Waals surface area contributed by atoms with Gasteiger partial charge in [-0.05, 0) is 42.0 Å². The van der Waals surface area contributed by atoms with Crippen molar-refractivity contribution in [3.8, 4) is 12.1 Å². The fourth-order valence-electron chi connectivity index (χ4n) is 2.57. The van der Waals surface area contributed by atoms with E-state index in [1.165, 1.54) is 36.2 Å². The maximum absolute atomic E-state index is 12.7. The number of hydrogen-bond acceptors (Lipinski definition) is 5. The highest BCUT2D eigenvalue weighted by molar-refractivity contribution is 7.89. The van der Waals surface area contributed by atoms with Crippen molar-refractivity contribution >= 4 is 15.9 Å². The topological polar surface area (TPSA) is 105 Å². The van der Waals surface area contributed by atoms with Gasteiger partial charge in [-0.3, -0.25) is 4.79 Å². The van der Waals surface area contributed by atoms with E-state index in [9.17, 15) is 13.2 Å². The Hall–Kier alpha value is -3.46. The second-order valence-electron chi connectivity index (χ2n) is 6.27. The molecule has 0 aliphatic rings. The number of likely N-dealkylation sites (N-methyl/N-ethyl adjacent to an activating group) is 1. The van der Waals surface area contributed by atoms with Crippen molar-refractivity contribution in [3.63, 3.8) is 0 Å². The highest BCUT2D eigenvalue weighted by Crippen LogP contribution is 2.16. The zero-order valence-corrected chi connectivity index (χ0v) is 16.8. The van der Waals surface area contributed by atoms with Crippen LogP contribution in [-0.4, -0.2) is 43.7 Å². The summed E-state index contributed by atoms with van der Waals surface area (Å²) in [5.41, 5.74) is 1.68. The van der Waals surface area contributed by atoms with E-state index in [2.05, 4.69) is 6.58 Å². The molecule has 0 aromatic heterocycles. The maximum Gasteiger partial charge on any atom is 0.243 e. The highest BCUT2D eigenvalue weighted by Gasteiger charge is 2.25. The molecule has 2 aromatic carbocycles. The van der Waals surface area contributed by atoms with Gasteiger partial charge in [0, 0.05) is 20.1 Å². The first kappa shape index (κ1) is 21.8. The van der Waals surface area contributed by atoms with Crippen LogP contribution in [-0.2, 0) is 21.4 Å². The molecule has 2 rings (SSSR count). The first-order valence-electron chi connectivity index (χ1n) is 8.66. The minimum Gasteiger partial charge on any atom is -0.334 e. The quantitative estimate of drug-likeness (QED) is 0.623. The van der Waals surface area contributed by atoms with Gasteiger partial charge in [0.25, 0.3) is 0 Å². The van der Waals surface area contributed by atoms with Crippen LogP contribution in [0.3, 0.4) is 0 Å². The lowest BCUT2D eigenvalue weighted by molar-refractivity contribution is -0.131. The molecule has 29 heavy (non-hydrogen) atoms. The predicted octanol–water partition coefficient (Wildman–Crippen LogP) is 2.27. The van der Waals surface area contributed by atoms with Crippen molar-refractivity contribution in [1.29, 1.82) is 10.5 Å². The van der Waals surface area contributed by atoms with Crippen LogP contribution in [0.1, 0.15) is 16.7 Å². The molecule has 0 fully saturated rings. The first-order valence-corrected chi connectivity index (χ1v) is 10.1. The molecule has 0 atom stereocenters. The minimum absolute atomic E-state index is 0.00848. The summed E-state index contributed by atoms with van der Waals surface area (Å²) in [7, 11) is -2.54. The molecular weight excluding hydrogens is 388 g/mol. The molecule has 148 valence electrons. The van der Waals surface area contributed by atoms with Crippen LogP contribution in [0.5, 0.6) is 0 Å². The monoisotopic (exact) mass is 408 g/mol. The number of nitriles is 2. The fourth-order valence-corrected chi connectivity index (χ4v) is 3.69. The number of carbonyl (C=O) groups excluding carboxylic acids is 1. The predicted molar refractivity (Wildman–Crippen MR) is 108 cm³/mol. The Morgan fingerprint density at radius 1 is 1.03 bits per heavy atom. The normalized spacial score (nSPS) is 10.8. The van der Waals surface area contributed by atoms with Crippen molar-refractivity contribution in [2.75, 3.05) is 20.1 Å². The van der Waals surface area contributed by atoms with Crippen LogP contribution in [0, 0.1) is 22.7 Å². The van der Waals surface area contributed by atoms with Gasteiger partial charge >= 0.3 is 0 Å². The third-order valence-electron chi connectivity index (χ3n) is 4.21. The number of benzene rings is 2. The molecule has 0 aliphatic carbocycles. The van der Waals surface area contributed by atoms with E-state index >= 15 is 0 Å². The van der Waals surface area contributed by atoms with Gasteiger partial charge in [-0.25, -0.2) is 8.42 Å². The molecule has 0 unspecified atom stereocenters. The maximum atomic E-state index is 12.7. The van der Waals surface area contributed by atoms with Crippen molar-refractivity contribution in [3.05, 3.63) is 77.9 Å². The Kier molecular flexibility index (Phi) is 7.27. The summed E-state index contributed by atoms with van der Waals surface area (Å²) >= 11 is 0. The lowest BCUT2D eigenvalue weighted by atomic mass is 10.1. The Morgan fingerprint density at radius 3 is 2.03 bits per heavy atom. The van der Waals surface area contributed by atoms with E-state index in [0.717, 1.165) is 9.87 Å². The van der Waals surface area contributed by atoms with Crippen LogP contribution in [0.15, 0.2) is 66.1 Å². The molecule has 0 spiro atoms. The molecule has 0 N–H and O–H groups in total. The summed E-state index contributed by atoms with van der Waals surface area (Å²) < 4.78 is 26.4. The van der Waals surface area contributed by atoms with E-state index in [4.69, 9.17) is 10.5 Å². The number of sulfonamides is 1. The van der Waals surface area contributed by atoms with E-state index in [-0.39, 0.29) is 30.4 Å². The summed E-state index contributed by atoms with van der Waals surface area (Å²) in [6, 6.07) is 16.3.